The summed E-state index contributed by atoms with van der Waals surface area (Å²) >= 11 is 0. The van der Waals surface area contributed by atoms with Gasteiger partial charge in [0.05, 0.1) is 12.9 Å². The molecule has 4 atom stereocenters. The molecule has 118 valence electrons. The Hall–Kier alpha value is -1.03. The predicted molar refractivity (Wildman–Crippen MR) is 78.6 cm³/mol. The molecule has 4 nitrogen and oxygen atoms in total. The van der Waals surface area contributed by atoms with Crippen molar-refractivity contribution in [3.63, 3.8) is 0 Å². The van der Waals surface area contributed by atoms with Crippen molar-refractivity contribution in [2.24, 2.45) is 11.3 Å². The van der Waals surface area contributed by atoms with E-state index in [9.17, 15) is 4.79 Å². The molecule has 1 unspecified atom stereocenters. The minimum absolute atomic E-state index is 0.0219. The Labute approximate surface area is 126 Å². The molecule has 0 bridgehead atoms. The van der Waals surface area contributed by atoms with Crippen LogP contribution in [0.5, 0.6) is 0 Å². The van der Waals surface area contributed by atoms with Crippen molar-refractivity contribution >= 4 is 5.97 Å². The fraction of sp³-hybridized carbons (Fsp3) is 0.824. The summed E-state index contributed by atoms with van der Waals surface area (Å²) in [7, 11) is 0. The quantitative estimate of drug-likeness (QED) is 0.734. The first-order valence-electron chi connectivity index (χ1n) is 7.83. The van der Waals surface area contributed by atoms with Crippen molar-refractivity contribution in [2.45, 2.75) is 70.7 Å². The number of esters is 1. The highest BCUT2D eigenvalue weighted by Crippen LogP contribution is 2.63. The van der Waals surface area contributed by atoms with Crippen molar-refractivity contribution in [3.05, 3.63) is 12.3 Å². The van der Waals surface area contributed by atoms with E-state index in [1.165, 1.54) is 6.92 Å². The summed E-state index contributed by atoms with van der Waals surface area (Å²) in [6.07, 6.45) is 6.74. The minimum Gasteiger partial charge on any atom is -0.491 e. The van der Waals surface area contributed by atoms with Gasteiger partial charge in [0.1, 0.15) is 16.8 Å². The molecule has 2 heterocycles. The van der Waals surface area contributed by atoms with Gasteiger partial charge in [0.15, 0.2) is 0 Å². The van der Waals surface area contributed by atoms with E-state index in [1.54, 1.807) is 6.26 Å². The van der Waals surface area contributed by atoms with E-state index in [0.29, 0.717) is 0 Å². The van der Waals surface area contributed by atoms with E-state index in [4.69, 9.17) is 14.2 Å². The maximum absolute atomic E-state index is 11.4. The molecule has 0 radical (unpaired) electrons. The molecule has 0 amide bonds. The highest BCUT2D eigenvalue weighted by Gasteiger charge is 2.70. The van der Waals surface area contributed by atoms with Gasteiger partial charge in [0.2, 0.25) is 0 Å². The lowest BCUT2D eigenvalue weighted by atomic mass is 9.56. The van der Waals surface area contributed by atoms with Crippen LogP contribution in [0.4, 0.5) is 0 Å². The second-order valence-corrected chi connectivity index (χ2v) is 7.84. The van der Waals surface area contributed by atoms with Crippen molar-refractivity contribution in [3.8, 4) is 0 Å². The Bertz CT molecular complexity index is 497. The zero-order valence-electron chi connectivity index (χ0n) is 13.7. The average Bonchev–Trinajstić information content (AvgIpc) is 2.78. The van der Waals surface area contributed by atoms with Crippen LogP contribution in [0.15, 0.2) is 12.3 Å². The number of hydrogen-bond donors (Lipinski definition) is 0. The van der Waals surface area contributed by atoms with Gasteiger partial charge in [-0.15, -0.1) is 0 Å². The number of rotatable bonds is 2. The van der Waals surface area contributed by atoms with E-state index in [2.05, 4.69) is 13.8 Å². The lowest BCUT2D eigenvalue weighted by molar-refractivity contribution is -0.177. The van der Waals surface area contributed by atoms with E-state index in [0.717, 1.165) is 25.9 Å². The van der Waals surface area contributed by atoms with Gasteiger partial charge in [-0.1, -0.05) is 6.92 Å². The van der Waals surface area contributed by atoms with Crippen LogP contribution in [-0.2, 0) is 19.0 Å². The molecule has 2 aliphatic heterocycles. The Morgan fingerprint density at radius 3 is 2.76 bits per heavy atom. The van der Waals surface area contributed by atoms with Crippen LogP contribution in [0.1, 0.15) is 53.9 Å². The Morgan fingerprint density at radius 1 is 1.38 bits per heavy atom. The molecule has 3 rings (SSSR count). The van der Waals surface area contributed by atoms with E-state index in [1.807, 2.05) is 19.9 Å². The lowest BCUT2D eigenvalue weighted by Crippen LogP contribution is -2.60. The Kier molecular flexibility index (Phi) is 3.01. The number of ether oxygens (including phenoxy) is 3. The SMILES string of the molecule is CC(=O)OC(C)(C)C1CC[C@@]2(C)CO[C@]3(C)C=CO[C@]23C1. The van der Waals surface area contributed by atoms with Gasteiger partial charge in [0, 0.05) is 18.3 Å². The van der Waals surface area contributed by atoms with E-state index in [-0.39, 0.29) is 28.5 Å². The van der Waals surface area contributed by atoms with Gasteiger partial charge < -0.3 is 14.2 Å². The Morgan fingerprint density at radius 2 is 2.10 bits per heavy atom. The van der Waals surface area contributed by atoms with Crippen molar-refractivity contribution < 1.29 is 19.0 Å². The van der Waals surface area contributed by atoms with E-state index < -0.39 is 5.60 Å². The molecule has 21 heavy (non-hydrogen) atoms. The normalized spacial score (nSPS) is 44.9. The second kappa shape index (κ2) is 4.25. The molecule has 2 fully saturated rings. The summed E-state index contributed by atoms with van der Waals surface area (Å²) < 4.78 is 17.9. The van der Waals surface area contributed by atoms with Crippen LogP contribution in [0.2, 0.25) is 0 Å². The molecule has 0 aromatic carbocycles. The van der Waals surface area contributed by atoms with Crippen molar-refractivity contribution in [1.29, 1.82) is 0 Å². The first-order chi connectivity index (χ1) is 9.64. The van der Waals surface area contributed by atoms with Crippen molar-refractivity contribution in [1.82, 2.24) is 0 Å². The summed E-state index contributed by atoms with van der Waals surface area (Å²) in [4.78, 5) is 11.4. The average molecular weight is 294 g/mol. The largest absolute Gasteiger partial charge is 0.491 e. The highest BCUT2D eigenvalue weighted by atomic mass is 16.6. The summed E-state index contributed by atoms with van der Waals surface area (Å²) in [5.41, 5.74) is -1.15. The minimum atomic E-state index is -0.475. The predicted octanol–water partition coefficient (Wildman–Crippen LogP) is 3.21. The molecule has 1 saturated carbocycles. The first kappa shape index (κ1) is 14.9. The summed E-state index contributed by atoms with van der Waals surface area (Å²) in [5.74, 6) is 0.0529. The molecule has 0 N–H and O–H groups in total. The molecule has 4 heteroatoms. The molecule has 1 saturated heterocycles. The van der Waals surface area contributed by atoms with Crippen LogP contribution in [0.3, 0.4) is 0 Å². The zero-order chi connectivity index (χ0) is 15.5. The third-order valence-corrected chi connectivity index (χ3v) is 6.09. The van der Waals surface area contributed by atoms with Gasteiger partial charge in [-0.2, -0.15) is 0 Å². The molecule has 3 aliphatic rings. The third-order valence-electron chi connectivity index (χ3n) is 6.09. The summed E-state index contributed by atoms with van der Waals surface area (Å²) in [5, 5.41) is 0. The maximum atomic E-state index is 11.4. The highest BCUT2D eigenvalue weighted by molar-refractivity contribution is 5.66. The molecule has 0 aromatic heterocycles. The number of hydrogen-bond acceptors (Lipinski definition) is 4. The number of carbonyl (C=O) groups is 1. The fourth-order valence-corrected chi connectivity index (χ4v) is 4.62. The molecule has 1 aliphatic carbocycles. The van der Waals surface area contributed by atoms with Gasteiger partial charge in [0.25, 0.3) is 0 Å². The maximum Gasteiger partial charge on any atom is 0.303 e. The monoisotopic (exact) mass is 294 g/mol. The molecule has 0 aromatic rings. The van der Waals surface area contributed by atoms with Gasteiger partial charge in [-0.3, -0.25) is 4.79 Å². The zero-order valence-corrected chi connectivity index (χ0v) is 13.7. The van der Waals surface area contributed by atoms with Crippen LogP contribution >= 0.6 is 0 Å². The fourth-order valence-electron chi connectivity index (χ4n) is 4.62. The number of carbonyl (C=O) groups excluding carboxylic acids is 1. The Balaban J connectivity index is 1.90. The molecular formula is C17H26O4. The van der Waals surface area contributed by atoms with Crippen LogP contribution in [0.25, 0.3) is 0 Å². The molecular weight excluding hydrogens is 268 g/mol. The summed E-state index contributed by atoms with van der Waals surface area (Å²) in [6, 6.07) is 0. The van der Waals surface area contributed by atoms with Crippen molar-refractivity contribution in [2.75, 3.05) is 6.61 Å². The topological polar surface area (TPSA) is 44.8 Å². The smallest absolute Gasteiger partial charge is 0.303 e. The van der Waals surface area contributed by atoms with Gasteiger partial charge >= 0.3 is 5.97 Å². The van der Waals surface area contributed by atoms with Gasteiger partial charge in [-0.05, 0) is 46.1 Å². The van der Waals surface area contributed by atoms with E-state index >= 15 is 0 Å². The van der Waals surface area contributed by atoms with Crippen LogP contribution in [0, 0.1) is 11.3 Å². The first-order valence-corrected chi connectivity index (χ1v) is 7.83. The van der Waals surface area contributed by atoms with Crippen LogP contribution in [-0.4, -0.2) is 29.4 Å². The molecule has 1 spiro atoms. The summed E-state index contributed by atoms with van der Waals surface area (Å²) in [6.45, 7) is 10.6. The second-order valence-electron chi connectivity index (χ2n) is 7.84. The van der Waals surface area contributed by atoms with Gasteiger partial charge in [-0.25, -0.2) is 0 Å². The lowest BCUT2D eigenvalue weighted by Gasteiger charge is -2.52. The standard InChI is InChI=1S/C17H26O4/c1-12(18)21-14(2,3)13-6-7-15(4)11-20-16(5)8-9-19-17(15,16)10-13/h8-9,13H,6-7,10-11H2,1-5H3/t13?,15-,16+,17+/m0/s1. The third kappa shape index (κ3) is 1.88. The van der Waals surface area contributed by atoms with Crippen LogP contribution < -0.4 is 0 Å².